The van der Waals surface area contributed by atoms with E-state index >= 15 is 0 Å². The second-order valence-corrected chi connectivity index (χ2v) is 6.82. The molecule has 0 aromatic heterocycles. The number of piperazine rings is 1. The van der Waals surface area contributed by atoms with Gasteiger partial charge in [0, 0.05) is 31.9 Å². The van der Waals surface area contributed by atoms with E-state index in [0.29, 0.717) is 5.69 Å². The van der Waals surface area contributed by atoms with Crippen molar-refractivity contribution >= 4 is 15.5 Å². The van der Waals surface area contributed by atoms with Crippen molar-refractivity contribution in [3.8, 4) is 0 Å². The molecule has 0 amide bonds. The third-order valence-corrected chi connectivity index (χ3v) is 4.76. The van der Waals surface area contributed by atoms with Crippen LogP contribution in [0.15, 0.2) is 29.2 Å². The van der Waals surface area contributed by atoms with Gasteiger partial charge in [0.05, 0.1) is 4.90 Å². The summed E-state index contributed by atoms with van der Waals surface area (Å²) in [5.74, 6) is 0. The van der Waals surface area contributed by atoms with Gasteiger partial charge in [0.15, 0.2) is 0 Å². The summed E-state index contributed by atoms with van der Waals surface area (Å²) in [7, 11) is -3.27. The number of likely N-dealkylation sites (N-methyl/N-ethyl adjacent to an activating group) is 1. The maximum absolute atomic E-state index is 12.4. The lowest BCUT2D eigenvalue weighted by molar-refractivity contribution is -0.0436. The van der Waals surface area contributed by atoms with E-state index in [4.69, 9.17) is 0 Å². The molecule has 9 heteroatoms. The quantitative estimate of drug-likeness (QED) is 0.915. The predicted molar refractivity (Wildman–Crippen MR) is 72.4 cm³/mol. The number of hydrogen-bond donors (Lipinski definition) is 1. The number of nitrogens with one attached hydrogen (secondary N) is 1. The normalized spacial score (nSPS) is 18.7. The van der Waals surface area contributed by atoms with Crippen LogP contribution in [0.3, 0.4) is 0 Å². The monoisotopic (exact) mass is 323 g/mol. The Bertz CT molecular complexity index is 579. The van der Waals surface area contributed by atoms with E-state index in [1.165, 1.54) is 12.1 Å². The molecule has 0 bridgehead atoms. The Hall–Kier alpha value is -1.32. The number of hydrogen-bond acceptors (Lipinski definition) is 5. The standard InChI is InChI=1S/C12H16F3N3O2S/c1-17-6-8-18(9-7-17)16-10-2-4-11(5-3-10)21(19,20)12(13,14)15/h2-5,16H,6-9H2,1H3. The van der Waals surface area contributed by atoms with Crippen LogP contribution in [0, 0.1) is 0 Å². The van der Waals surface area contributed by atoms with Gasteiger partial charge in [0.25, 0.3) is 9.84 Å². The number of anilines is 1. The van der Waals surface area contributed by atoms with Crippen LogP contribution in [0.4, 0.5) is 18.9 Å². The van der Waals surface area contributed by atoms with Gasteiger partial charge < -0.3 is 10.3 Å². The Kier molecular flexibility index (Phi) is 4.45. The number of benzene rings is 1. The highest BCUT2D eigenvalue weighted by atomic mass is 32.2. The molecule has 1 N–H and O–H groups in total. The van der Waals surface area contributed by atoms with E-state index in [-0.39, 0.29) is 0 Å². The van der Waals surface area contributed by atoms with E-state index in [9.17, 15) is 21.6 Å². The molecule has 5 nitrogen and oxygen atoms in total. The molecule has 2 rings (SSSR count). The Morgan fingerprint density at radius 3 is 2.05 bits per heavy atom. The summed E-state index contributed by atoms with van der Waals surface area (Å²) >= 11 is 0. The number of sulfone groups is 1. The second kappa shape index (κ2) is 5.82. The van der Waals surface area contributed by atoms with Crippen LogP contribution < -0.4 is 5.43 Å². The van der Waals surface area contributed by atoms with Crippen molar-refractivity contribution in [2.24, 2.45) is 0 Å². The Balaban J connectivity index is 2.06. The summed E-state index contributed by atoms with van der Waals surface area (Å²) in [4.78, 5) is 1.41. The number of hydrazine groups is 1. The molecule has 1 saturated heterocycles. The molecule has 0 saturated carbocycles. The van der Waals surface area contributed by atoms with Crippen molar-refractivity contribution in [2.45, 2.75) is 10.4 Å². The molecule has 1 aromatic rings. The van der Waals surface area contributed by atoms with E-state index in [1.807, 2.05) is 12.1 Å². The summed E-state index contributed by atoms with van der Waals surface area (Å²) in [6, 6.07) is 4.58. The van der Waals surface area contributed by atoms with Crippen LogP contribution in [0.5, 0.6) is 0 Å². The molecule has 0 spiro atoms. The molecule has 1 fully saturated rings. The Morgan fingerprint density at radius 2 is 1.57 bits per heavy atom. The van der Waals surface area contributed by atoms with Gasteiger partial charge in [-0.1, -0.05) is 0 Å². The molecule has 1 heterocycles. The van der Waals surface area contributed by atoms with Crippen molar-refractivity contribution in [1.82, 2.24) is 9.91 Å². The summed E-state index contributed by atoms with van der Waals surface area (Å²) in [6.45, 7) is 3.32. The van der Waals surface area contributed by atoms with E-state index in [0.717, 1.165) is 38.3 Å². The lowest BCUT2D eigenvalue weighted by atomic mass is 10.3. The summed E-state index contributed by atoms with van der Waals surface area (Å²) in [6.07, 6.45) is 0. The summed E-state index contributed by atoms with van der Waals surface area (Å²) in [5, 5.41) is 1.94. The second-order valence-electron chi connectivity index (χ2n) is 4.88. The van der Waals surface area contributed by atoms with Crippen molar-refractivity contribution in [1.29, 1.82) is 0 Å². The van der Waals surface area contributed by atoms with Gasteiger partial charge in [-0.3, -0.25) is 0 Å². The summed E-state index contributed by atoms with van der Waals surface area (Å²) < 4.78 is 59.7. The highest BCUT2D eigenvalue weighted by molar-refractivity contribution is 7.92. The van der Waals surface area contributed by atoms with Crippen molar-refractivity contribution < 1.29 is 21.6 Å². The van der Waals surface area contributed by atoms with Crippen molar-refractivity contribution in [3.05, 3.63) is 24.3 Å². The highest BCUT2D eigenvalue weighted by Gasteiger charge is 2.46. The van der Waals surface area contributed by atoms with Crippen LogP contribution in [0.2, 0.25) is 0 Å². The first kappa shape index (κ1) is 16.1. The van der Waals surface area contributed by atoms with Crippen LogP contribution >= 0.6 is 0 Å². The average Bonchev–Trinajstić information content (AvgIpc) is 2.41. The Labute approximate surface area is 121 Å². The molecule has 0 radical (unpaired) electrons. The zero-order valence-electron chi connectivity index (χ0n) is 11.4. The van der Waals surface area contributed by atoms with Crippen LogP contribution in [-0.2, 0) is 9.84 Å². The van der Waals surface area contributed by atoms with Gasteiger partial charge in [-0.15, -0.1) is 0 Å². The van der Waals surface area contributed by atoms with Gasteiger partial charge in [-0.2, -0.15) is 13.2 Å². The number of alkyl halides is 3. The molecule has 0 atom stereocenters. The minimum atomic E-state index is -5.28. The lowest BCUT2D eigenvalue weighted by Crippen LogP contribution is -2.46. The number of nitrogens with zero attached hydrogens (tertiary/aromatic N) is 2. The molecular weight excluding hydrogens is 307 g/mol. The van der Waals surface area contributed by atoms with Crippen molar-refractivity contribution in [3.63, 3.8) is 0 Å². The smallest absolute Gasteiger partial charge is 0.319 e. The average molecular weight is 323 g/mol. The molecule has 21 heavy (non-hydrogen) atoms. The topological polar surface area (TPSA) is 52.6 Å². The largest absolute Gasteiger partial charge is 0.501 e. The minimum Gasteiger partial charge on any atom is -0.319 e. The molecule has 1 aromatic carbocycles. The molecular formula is C12H16F3N3O2S. The first-order valence-electron chi connectivity index (χ1n) is 6.32. The highest BCUT2D eigenvalue weighted by Crippen LogP contribution is 2.30. The van der Waals surface area contributed by atoms with Gasteiger partial charge >= 0.3 is 5.51 Å². The fraction of sp³-hybridized carbons (Fsp3) is 0.500. The summed E-state index contributed by atoms with van der Waals surface area (Å²) in [5.41, 5.74) is -1.67. The Morgan fingerprint density at radius 1 is 1.05 bits per heavy atom. The molecule has 0 unspecified atom stereocenters. The van der Waals surface area contributed by atoms with Crippen LogP contribution in [-0.4, -0.2) is 57.1 Å². The molecule has 1 aliphatic rings. The minimum absolute atomic E-state index is 0.556. The zero-order chi connectivity index (χ0) is 15.7. The SMILES string of the molecule is CN1CCN(Nc2ccc(S(=O)(=O)C(F)(F)F)cc2)CC1. The van der Waals surface area contributed by atoms with Crippen LogP contribution in [0.25, 0.3) is 0 Å². The molecule has 0 aliphatic carbocycles. The zero-order valence-corrected chi connectivity index (χ0v) is 12.2. The maximum atomic E-state index is 12.4. The predicted octanol–water partition coefficient (Wildman–Crippen LogP) is 1.55. The van der Waals surface area contributed by atoms with E-state index in [2.05, 4.69) is 10.3 Å². The third kappa shape index (κ3) is 3.66. The van der Waals surface area contributed by atoms with Gasteiger partial charge in [-0.25, -0.2) is 13.4 Å². The lowest BCUT2D eigenvalue weighted by Gasteiger charge is -2.33. The first-order valence-corrected chi connectivity index (χ1v) is 7.80. The van der Waals surface area contributed by atoms with Crippen molar-refractivity contribution in [2.75, 3.05) is 38.7 Å². The molecule has 118 valence electrons. The maximum Gasteiger partial charge on any atom is 0.501 e. The first-order chi connectivity index (χ1) is 9.70. The fourth-order valence-electron chi connectivity index (χ4n) is 1.94. The van der Waals surface area contributed by atoms with Gasteiger partial charge in [0.2, 0.25) is 0 Å². The van der Waals surface area contributed by atoms with Gasteiger partial charge in [0.1, 0.15) is 0 Å². The fourth-order valence-corrected chi connectivity index (χ4v) is 2.70. The van der Waals surface area contributed by atoms with Crippen LogP contribution in [0.1, 0.15) is 0 Å². The van der Waals surface area contributed by atoms with Gasteiger partial charge in [-0.05, 0) is 31.3 Å². The van der Waals surface area contributed by atoms with E-state index < -0.39 is 20.2 Å². The number of rotatable bonds is 3. The van der Waals surface area contributed by atoms with E-state index in [1.54, 1.807) is 0 Å². The third-order valence-electron chi connectivity index (χ3n) is 3.26. The molecule has 1 aliphatic heterocycles. The number of halogens is 3.